The summed E-state index contributed by atoms with van der Waals surface area (Å²) in [5.41, 5.74) is 2.91. The fourth-order valence-electron chi connectivity index (χ4n) is 2.33. The van der Waals surface area contributed by atoms with Crippen molar-refractivity contribution in [3.8, 4) is 0 Å². The molecule has 92 valence electrons. The smallest absolute Gasteiger partial charge is 0.0315 e. The van der Waals surface area contributed by atoms with E-state index in [1.807, 2.05) is 18.5 Å². The lowest BCUT2D eigenvalue weighted by molar-refractivity contribution is 0.561. The maximum absolute atomic E-state index is 4.15. The number of aromatic nitrogens is 1. The van der Waals surface area contributed by atoms with E-state index < -0.39 is 0 Å². The van der Waals surface area contributed by atoms with Gasteiger partial charge in [0.25, 0.3) is 0 Å². The zero-order valence-corrected chi connectivity index (χ0v) is 10.7. The molecule has 0 amide bonds. The Morgan fingerprint density at radius 2 is 2.35 bits per heavy atom. The fourth-order valence-corrected chi connectivity index (χ4v) is 2.33. The molecule has 1 atom stereocenters. The van der Waals surface area contributed by atoms with Crippen molar-refractivity contribution in [1.82, 2.24) is 10.3 Å². The molecule has 0 saturated carbocycles. The van der Waals surface area contributed by atoms with E-state index in [1.165, 1.54) is 37.7 Å². The quantitative estimate of drug-likeness (QED) is 0.781. The lowest BCUT2D eigenvalue weighted by Gasteiger charge is -2.16. The van der Waals surface area contributed by atoms with Crippen molar-refractivity contribution in [2.24, 2.45) is 0 Å². The molecule has 1 aromatic heterocycles. The minimum absolute atomic E-state index is 0.396. The summed E-state index contributed by atoms with van der Waals surface area (Å²) in [4.78, 5) is 4.15. The zero-order valence-electron chi connectivity index (χ0n) is 10.7. The summed E-state index contributed by atoms with van der Waals surface area (Å²) < 4.78 is 0. The van der Waals surface area contributed by atoms with Gasteiger partial charge in [-0.15, -0.1) is 0 Å². The predicted octanol–water partition coefficient (Wildman–Crippen LogP) is 3.62. The van der Waals surface area contributed by atoms with Crippen LogP contribution < -0.4 is 5.32 Å². The molecule has 0 aromatic carbocycles. The van der Waals surface area contributed by atoms with Crippen molar-refractivity contribution in [3.63, 3.8) is 0 Å². The van der Waals surface area contributed by atoms with Gasteiger partial charge < -0.3 is 5.32 Å². The normalized spacial score (nSPS) is 17.6. The first-order valence-corrected chi connectivity index (χ1v) is 6.67. The van der Waals surface area contributed by atoms with Gasteiger partial charge in [0.1, 0.15) is 0 Å². The van der Waals surface area contributed by atoms with Crippen LogP contribution in [0.25, 0.3) is 0 Å². The summed E-state index contributed by atoms with van der Waals surface area (Å²) in [6.45, 7) is 3.27. The molecular formula is C15H22N2. The molecule has 0 radical (unpaired) electrons. The summed E-state index contributed by atoms with van der Waals surface area (Å²) >= 11 is 0. The van der Waals surface area contributed by atoms with Crippen LogP contribution in [-0.4, -0.2) is 11.5 Å². The van der Waals surface area contributed by atoms with Crippen molar-refractivity contribution in [3.05, 3.63) is 41.7 Å². The van der Waals surface area contributed by atoms with Gasteiger partial charge in [0.05, 0.1) is 0 Å². The van der Waals surface area contributed by atoms with E-state index in [2.05, 4.69) is 29.4 Å². The monoisotopic (exact) mass is 230 g/mol. The van der Waals surface area contributed by atoms with Crippen LogP contribution >= 0.6 is 0 Å². The Labute approximate surface area is 104 Å². The molecule has 17 heavy (non-hydrogen) atoms. The van der Waals surface area contributed by atoms with E-state index in [0.29, 0.717) is 6.04 Å². The van der Waals surface area contributed by atoms with Crippen molar-refractivity contribution >= 4 is 0 Å². The Balaban J connectivity index is 1.73. The van der Waals surface area contributed by atoms with Gasteiger partial charge in [0.15, 0.2) is 0 Å². The predicted molar refractivity (Wildman–Crippen MR) is 71.8 cm³/mol. The van der Waals surface area contributed by atoms with E-state index in [0.717, 1.165) is 6.54 Å². The van der Waals surface area contributed by atoms with Crippen LogP contribution in [0.1, 0.15) is 50.6 Å². The number of nitrogens with one attached hydrogen (secondary N) is 1. The molecule has 2 rings (SSSR count). The van der Waals surface area contributed by atoms with Crippen LogP contribution in [0.2, 0.25) is 0 Å². The second kappa shape index (κ2) is 6.55. The standard InChI is InChI=1S/C15H22N2/c1-13(15-8-5-10-16-12-15)17-11-9-14-6-3-2-4-7-14/h5-6,8,10,12-13,17H,2-4,7,9,11H2,1H3. The summed E-state index contributed by atoms with van der Waals surface area (Å²) in [6.07, 6.45) is 12.7. The Morgan fingerprint density at radius 1 is 1.41 bits per heavy atom. The molecule has 1 aliphatic rings. The zero-order chi connectivity index (χ0) is 11.9. The van der Waals surface area contributed by atoms with Gasteiger partial charge in [0, 0.05) is 18.4 Å². The number of hydrogen-bond donors (Lipinski definition) is 1. The van der Waals surface area contributed by atoms with Gasteiger partial charge in [-0.25, -0.2) is 0 Å². The molecule has 0 saturated heterocycles. The third-order valence-corrected chi connectivity index (χ3v) is 3.47. The first-order chi connectivity index (χ1) is 8.36. The van der Waals surface area contributed by atoms with Crippen LogP contribution in [0.4, 0.5) is 0 Å². The van der Waals surface area contributed by atoms with Crippen LogP contribution in [0.3, 0.4) is 0 Å². The van der Waals surface area contributed by atoms with Gasteiger partial charge in [-0.3, -0.25) is 4.98 Å². The third-order valence-electron chi connectivity index (χ3n) is 3.47. The minimum atomic E-state index is 0.396. The highest BCUT2D eigenvalue weighted by Crippen LogP contribution is 2.20. The van der Waals surface area contributed by atoms with Gasteiger partial charge in [-0.05, 0) is 57.2 Å². The molecule has 1 heterocycles. The Kier molecular flexibility index (Phi) is 4.75. The molecule has 2 nitrogen and oxygen atoms in total. The SMILES string of the molecule is CC(NCCC1=CCCCC1)c1cccnc1. The molecule has 0 spiro atoms. The number of nitrogens with zero attached hydrogens (tertiary/aromatic N) is 1. The van der Waals surface area contributed by atoms with Crippen LogP contribution in [0, 0.1) is 0 Å². The Bertz CT molecular complexity index is 356. The topological polar surface area (TPSA) is 24.9 Å². The highest BCUT2D eigenvalue weighted by atomic mass is 14.9. The molecular weight excluding hydrogens is 208 g/mol. The second-order valence-electron chi connectivity index (χ2n) is 4.82. The highest BCUT2D eigenvalue weighted by Gasteiger charge is 2.06. The van der Waals surface area contributed by atoms with Crippen molar-refractivity contribution < 1.29 is 0 Å². The maximum atomic E-state index is 4.15. The summed E-state index contributed by atoms with van der Waals surface area (Å²) in [5, 5.41) is 3.57. The molecule has 1 unspecified atom stereocenters. The van der Waals surface area contributed by atoms with E-state index in [-0.39, 0.29) is 0 Å². The lowest BCUT2D eigenvalue weighted by atomic mass is 9.97. The van der Waals surface area contributed by atoms with E-state index >= 15 is 0 Å². The van der Waals surface area contributed by atoms with Crippen LogP contribution in [0.5, 0.6) is 0 Å². The number of allylic oxidation sites excluding steroid dienone is 1. The number of rotatable bonds is 5. The summed E-state index contributed by atoms with van der Waals surface area (Å²) in [5.74, 6) is 0. The molecule has 1 aliphatic carbocycles. The van der Waals surface area contributed by atoms with Crippen LogP contribution in [0.15, 0.2) is 36.2 Å². The number of pyridine rings is 1. The largest absolute Gasteiger partial charge is 0.310 e. The van der Waals surface area contributed by atoms with Gasteiger partial charge in [0.2, 0.25) is 0 Å². The summed E-state index contributed by atoms with van der Waals surface area (Å²) in [7, 11) is 0. The van der Waals surface area contributed by atoms with Gasteiger partial charge in [-0.1, -0.05) is 17.7 Å². The second-order valence-corrected chi connectivity index (χ2v) is 4.82. The first kappa shape index (κ1) is 12.3. The molecule has 0 bridgehead atoms. The van der Waals surface area contributed by atoms with Gasteiger partial charge in [-0.2, -0.15) is 0 Å². The summed E-state index contributed by atoms with van der Waals surface area (Å²) in [6, 6.07) is 4.52. The fraction of sp³-hybridized carbons (Fsp3) is 0.533. The van der Waals surface area contributed by atoms with E-state index in [4.69, 9.17) is 0 Å². The third kappa shape index (κ3) is 3.97. The molecule has 0 aliphatic heterocycles. The maximum Gasteiger partial charge on any atom is 0.0315 e. The Hall–Kier alpha value is -1.15. The molecule has 1 N–H and O–H groups in total. The molecule has 2 heteroatoms. The molecule has 0 fully saturated rings. The highest BCUT2D eigenvalue weighted by molar-refractivity contribution is 5.13. The lowest BCUT2D eigenvalue weighted by Crippen LogP contribution is -2.20. The Morgan fingerprint density at radius 3 is 3.06 bits per heavy atom. The molecule has 1 aromatic rings. The van der Waals surface area contributed by atoms with E-state index in [9.17, 15) is 0 Å². The average Bonchev–Trinajstić information content (AvgIpc) is 2.41. The minimum Gasteiger partial charge on any atom is -0.310 e. The first-order valence-electron chi connectivity index (χ1n) is 6.67. The van der Waals surface area contributed by atoms with Gasteiger partial charge >= 0.3 is 0 Å². The van der Waals surface area contributed by atoms with E-state index in [1.54, 1.807) is 5.57 Å². The number of hydrogen-bond acceptors (Lipinski definition) is 2. The van der Waals surface area contributed by atoms with Crippen LogP contribution in [-0.2, 0) is 0 Å². The average molecular weight is 230 g/mol. The van der Waals surface area contributed by atoms with Crippen molar-refractivity contribution in [2.45, 2.75) is 45.1 Å². The van der Waals surface area contributed by atoms with Crippen molar-refractivity contribution in [2.75, 3.05) is 6.54 Å². The van der Waals surface area contributed by atoms with Crippen molar-refractivity contribution in [1.29, 1.82) is 0 Å².